The van der Waals surface area contributed by atoms with Crippen LogP contribution in [0.1, 0.15) is 31.2 Å². The van der Waals surface area contributed by atoms with Crippen LogP contribution >= 0.6 is 0 Å². The van der Waals surface area contributed by atoms with Gasteiger partial charge in [-0.2, -0.15) is 0 Å². The van der Waals surface area contributed by atoms with Crippen LogP contribution in [-0.4, -0.2) is 37.5 Å². The van der Waals surface area contributed by atoms with Gasteiger partial charge in [0.25, 0.3) is 0 Å². The number of halogens is 1. The summed E-state index contributed by atoms with van der Waals surface area (Å²) in [5, 5.41) is 5.58. The molecule has 2 aliphatic rings. The number of anilines is 1. The normalized spacial score (nSPS) is 26.0. The molecule has 2 aliphatic heterocycles. The smallest absolute Gasteiger partial charge is 0.234 e. The Bertz CT molecular complexity index is 605. The van der Waals surface area contributed by atoms with Crippen LogP contribution in [-0.2, 0) is 9.59 Å². The molecule has 1 unspecified atom stereocenters. The molecular weight excluding hydrogens is 285 g/mol. The van der Waals surface area contributed by atoms with E-state index >= 15 is 0 Å². The van der Waals surface area contributed by atoms with Crippen molar-refractivity contribution in [1.29, 1.82) is 0 Å². The average molecular weight is 305 g/mol. The summed E-state index contributed by atoms with van der Waals surface area (Å²) >= 11 is 0. The van der Waals surface area contributed by atoms with E-state index in [1.165, 1.54) is 6.07 Å². The van der Waals surface area contributed by atoms with Crippen LogP contribution in [0.3, 0.4) is 0 Å². The predicted octanol–water partition coefficient (Wildman–Crippen LogP) is 1.14. The van der Waals surface area contributed by atoms with E-state index in [0.717, 1.165) is 25.3 Å². The maximum absolute atomic E-state index is 14.5. The number of carbonyl (C=O) groups excluding carboxylic acids is 2. The topological polar surface area (TPSA) is 61.4 Å². The highest BCUT2D eigenvalue weighted by Crippen LogP contribution is 2.30. The molecule has 2 N–H and O–H groups in total. The van der Waals surface area contributed by atoms with Crippen molar-refractivity contribution in [3.63, 3.8) is 0 Å². The fourth-order valence-electron chi connectivity index (χ4n) is 3.19. The van der Waals surface area contributed by atoms with E-state index in [1.54, 1.807) is 6.07 Å². The van der Waals surface area contributed by atoms with Crippen LogP contribution in [0.5, 0.6) is 0 Å². The van der Waals surface area contributed by atoms with Gasteiger partial charge in [0.2, 0.25) is 11.8 Å². The largest absolute Gasteiger partial charge is 0.366 e. The molecular formula is C16H20FN3O2. The highest BCUT2D eigenvalue weighted by molar-refractivity contribution is 6.00. The van der Waals surface area contributed by atoms with E-state index in [2.05, 4.69) is 22.5 Å². The van der Waals surface area contributed by atoms with Crippen molar-refractivity contribution in [1.82, 2.24) is 10.6 Å². The minimum atomic E-state index is -0.577. The van der Waals surface area contributed by atoms with Crippen LogP contribution in [0.2, 0.25) is 0 Å². The summed E-state index contributed by atoms with van der Waals surface area (Å²) in [5.41, 5.74) is 1.21. The number of imide groups is 1. The average Bonchev–Trinajstić information content (AvgIpc) is 2.48. The Balaban J connectivity index is 1.83. The molecule has 1 aromatic rings. The Morgan fingerprint density at radius 3 is 2.82 bits per heavy atom. The van der Waals surface area contributed by atoms with Gasteiger partial charge in [0, 0.05) is 43.3 Å². The highest BCUT2D eigenvalue weighted by atomic mass is 19.1. The molecule has 2 atom stereocenters. The van der Waals surface area contributed by atoms with Crippen LogP contribution in [0.15, 0.2) is 18.2 Å². The van der Waals surface area contributed by atoms with Gasteiger partial charge >= 0.3 is 0 Å². The molecule has 0 saturated carbocycles. The van der Waals surface area contributed by atoms with E-state index in [1.807, 2.05) is 6.07 Å². The second-order valence-corrected chi connectivity index (χ2v) is 5.96. The second-order valence-electron chi connectivity index (χ2n) is 5.96. The Hall–Kier alpha value is -1.95. The number of hydrogen-bond donors (Lipinski definition) is 2. The predicted molar refractivity (Wildman–Crippen MR) is 81.2 cm³/mol. The highest BCUT2D eigenvalue weighted by Gasteiger charge is 2.30. The van der Waals surface area contributed by atoms with Gasteiger partial charge in [0.1, 0.15) is 5.82 Å². The van der Waals surface area contributed by atoms with Gasteiger partial charge in [0.15, 0.2) is 0 Å². The van der Waals surface area contributed by atoms with Crippen molar-refractivity contribution in [2.75, 3.05) is 24.5 Å². The lowest BCUT2D eigenvalue weighted by Crippen LogP contribution is -2.50. The lowest BCUT2D eigenvalue weighted by atomic mass is 9.90. The number of nitrogens with zero attached hydrogens (tertiary/aromatic N) is 1. The fourth-order valence-corrected chi connectivity index (χ4v) is 3.19. The molecule has 0 spiro atoms. The number of nitrogens with one attached hydrogen (secondary N) is 2. The Kier molecular flexibility index (Phi) is 4.11. The lowest BCUT2D eigenvalue weighted by Gasteiger charge is -2.36. The summed E-state index contributed by atoms with van der Waals surface area (Å²) in [6.07, 6.45) is 0.622. The van der Waals surface area contributed by atoms with Crippen molar-refractivity contribution in [2.45, 2.75) is 31.7 Å². The molecule has 1 aromatic carbocycles. The number of piperazine rings is 1. The first-order valence-corrected chi connectivity index (χ1v) is 7.67. The first kappa shape index (κ1) is 15.0. The maximum atomic E-state index is 14.5. The van der Waals surface area contributed by atoms with Gasteiger partial charge in [-0.15, -0.1) is 0 Å². The van der Waals surface area contributed by atoms with E-state index in [4.69, 9.17) is 0 Å². The summed E-state index contributed by atoms with van der Waals surface area (Å²) in [4.78, 5) is 25.2. The van der Waals surface area contributed by atoms with Crippen LogP contribution < -0.4 is 15.5 Å². The third-order valence-electron chi connectivity index (χ3n) is 4.43. The van der Waals surface area contributed by atoms with Gasteiger partial charge in [-0.25, -0.2) is 4.39 Å². The second kappa shape index (κ2) is 6.04. The molecule has 22 heavy (non-hydrogen) atoms. The molecule has 3 rings (SSSR count). The zero-order valence-corrected chi connectivity index (χ0v) is 12.6. The number of carbonyl (C=O) groups is 2. The standard InChI is InChI=1S/C16H20FN3O2/c1-10-9-18-6-7-20(10)11-2-3-12(14(17)8-11)13-4-5-15(21)19-16(13)22/h2-3,8,10,13,18H,4-7,9H2,1H3,(H,19,21,22)/t10-,13?/m1/s1. The number of hydrogen-bond acceptors (Lipinski definition) is 4. The van der Waals surface area contributed by atoms with Gasteiger partial charge in [-0.3, -0.25) is 14.9 Å². The molecule has 0 aromatic heterocycles. The number of amides is 2. The monoisotopic (exact) mass is 305 g/mol. The summed E-state index contributed by atoms with van der Waals surface area (Å²) in [6, 6.07) is 5.35. The third-order valence-corrected chi connectivity index (χ3v) is 4.43. The third kappa shape index (κ3) is 2.83. The Labute approximate surface area is 128 Å². The molecule has 0 radical (unpaired) electrons. The minimum Gasteiger partial charge on any atom is -0.366 e. The fraction of sp³-hybridized carbons (Fsp3) is 0.500. The number of piperidine rings is 1. The molecule has 2 heterocycles. The van der Waals surface area contributed by atoms with Crippen molar-refractivity contribution < 1.29 is 14.0 Å². The first-order chi connectivity index (χ1) is 10.6. The van der Waals surface area contributed by atoms with Crippen molar-refractivity contribution in [3.8, 4) is 0 Å². The zero-order valence-electron chi connectivity index (χ0n) is 12.6. The Morgan fingerprint density at radius 1 is 1.32 bits per heavy atom. The van der Waals surface area contributed by atoms with E-state index < -0.39 is 11.8 Å². The molecule has 6 heteroatoms. The van der Waals surface area contributed by atoms with E-state index in [0.29, 0.717) is 18.0 Å². The molecule has 5 nitrogen and oxygen atoms in total. The minimum absolute atomic E-state index is 0.256. The summed E-state index contributed by atoms with van der Waals surface area (Å²) in [7, 11) is 0. The molecule has 2 fully saturated rings. The maximum Gasteiger partial charge on any atom is 0.234 e. The number of rotatable bonds is 2. The van der Waals surface area contributed by atoms with Gasteiger partial charge in [0.05, 0.1) is 5.92 Å². The van der Waals surface area contributed by atoms with Crippen LogP contribution in [0, 0.1) is 5.82 Å². The zero-order chi connectivity index (χ0) is 15.7. The molecule has 0 aliphatic carbocycles. The van der Waals surface area contributed by atoms with Crippen molar-refractivity contribution in [3.05, 3.63) is 29.6 Å². The molecule has 2 amide bonds. The van der Waals surface area contributed by atoms with Gasteiger partial charge in [-0.05, 0) is 25.5 Å². The molecule has 0 bridgehead atoms. The molecule has 2 saturated heterocycles. The van der Waals surface area contributed by atoms with E-state index in [9.17, 15) is 14.0 Å². The van der Waals surface area contributed by atoms with Crippen LogP contribution in [0.4, 0.5) is 10.1 Å². The van der Waals surface area contributed by atoms with E-state index in [-0.39, 0.29) is 18.1 Å². The Morgan fingerprint density at radius 2 is 2.14 bits per heavy atom. The summed E-state index contributed by atoms with van der Waals surface area (Å²) < 4.78 is 14.5. The molecule has 118 valence electrons. The van der Waals surface area contributed by atoms with Crippen LogP contribution in [0.25, 0.3) is 0 Å². The lowest BCUT2D eigenvalue weighted by molar-refractivity contribution is -0.134. The van der Waals surface area contributed by atoms with Crippen molar-refractivity contribution >= 4 is 17.5 Å². The summed E-state index contributed by atoms with van der Waals surface area (Å²) in [6.45, 7) is 4.67. The summed E-state index contributed by atoms with van der Waals surface area (Å²) in [5.74, 6) is -1.64. The number of benzene rings is 1. The quantitative estimate of drug-likeness (QED) is 0.805. The van der Waals surface area contributed by atoms with Gasteiger partial charge < -0.3 is 10.2 Å². The first-order valence-electron chi connectivity index (χ1n) is 7.67. The SMILES string of the molecule is C[C@@H]1CNCCN1c1ccc(C2CCC(=O)NC2=O)c(F)c1. The van der Waals surface area contributed by atoms with Crippen molar-refractivity contribution in [2.24, 2.45) is 0 Å². The van der Waals surface area contributed by atoms with Gasteiger partial charge in [-0.1, -0.05) is 6.07 Å².